The smallest absolute Gasteiger partial charge is 0.335 e. The lowest BCUT2D eigenvalue weighted by Crippen LogP contribution is -2.00. The van der Waals surface area contributed by atoms with Gasteiger partial charge >= 0.3 is 5.97 Å². The highest BCUT2D eigenvalue weighted by Crippen LogP contribution is 2.13. The summed E-state index contributed by atoms with van der Waals surface area (Å²) in [4.78, 5) is 10.7. The Kier molecular flexibility index (Phi) is 2.10. The van der Waals surface area contributed by atoms with E-state index in [9.17, 15) is 4.79 Å². The molecule has 5 nitrogen and oxygen atoms in total. The molecule has 0 atom stereocenters. The zero-order valence-electron chi connectivity index (χ0n) is 7.71. The van der Waals surface area contributed by atoms with Crippen molar-refractivity contribution in [2.75, 3.05) is 0 Å². The number of aromatic nitrogens is 3. The predicted octanol–water partition coefficient (Wildman–Crippen LogP) is 0.763. The van der Waals surface area contributed by atoms with E-state index in [1.54, 1.807) is 6.07 Å². The molecule has 1 aromatic heterocycles. The van der Waals surface area contributed by atoms with Gasteiger partial charge in [-0.15, -0.1) is 11.5 Å². The van der Waals surface area contributed by atoms with Gasteiger partial charge in [-0.25, -0.2) is 9.48 Å². The summed E-state index contributed by atoms with van der Waals surface area (Å²) in [6, 6.07) is 4.60. The number of rotatable bonds is 2. The quantitative estimate of drug-likeness (QED) is 0.728. The van der Waals surface area contributed by atoms with Gasteiger partial charge in [0.05, 0.1) is 11.1 Å². The summed E-state index contributed by atoms with van der Waals surface area (Å²) in [7, 11) is 0. The Morgan fingerprint density at radius 2 is 2.40 bits per heavy atom. The van der Waals surface area contributed by atoms with Crippen molar-refractivity contribution in [1.82, 2.24) is 15.0 Å². The molecule has 0 aliphatic carbocycles. The van der Waals surface area contributed by atoms with Gasteiger partial charge in [0.25, 0.3) is 0 Å². The van der Waals surface area contributed by atoms with Gasteiger partial charge in [-0.05, 0) is 18.2 Å². The van der Waals surface area contributed by atoms with Crippen molar-refractivity contribution in [3.63, 3.8) is 0 Å². The standard InChI is InChI=1S/C10H7N3O2/c1-2-5-13-9-6-7(10(14)15)3-4-8(9)11-12-13/h1,3-4,6H,5H2,(H,14,15). The molecule has 0 saturated heterocycles. The van der Waals surface area contributed by atoms with Crippen LogP contribution in [0.15, 0.2) is 18.2 Å². The van der Waals surface area contributed by atoms with Crippen LogP contribution in [-0.2, 0) is 6.54 Å². The minimum atomic E-state index is -0.981. The summed E-state index contributed by atoms with van der Waals surface area (Å²) >= 11 is 0. The Morgan fingerprint density at radius 1 is 1.60 bits per heavy atom. The highest BCUT2D eigenvalue weighted by atomic mass is 16.4. The molecule has 0 spiro atoms. The Balaban J connectivity index is 2.62. The SMILES string of the molecule is C#CCn1nnc2ccc(C(=O)O)cc21. The number of nitrogens with zero attached hydrogens (tertiary/aromatic N) is 3. The largest absolute Gasteiger partial charge is 0.478 e. The molecule has 0 fully saturated rings. The molecule has 2 rings (SSSR count). The lowest BCUT2D eigenvalue weighted by molar-refractivity contribution is 0.0697. The normalized spacial score (nSPS) is 10.1. The van der Waals surface area contributed by atoms with E-state index in [0.29, 0.717) is 11.0 Å². The van der Waals surface area contributed by atoms with E-state index in [-0.39, 0.29) is 12.1 Å². The first-order valence-corrected chi connectivity index (χ1v) is 4.22. The molecule has 0 unspecified atom stereocenters. The Bertz CT molecular complexity index is 566. The molecule has 0 bridgehead atoms. The van der Waals surface area contributed by atoms with Gasteiger partial charge in [-0.2, -0.15) is 0 Å². The number of fused-ring (bicyclic) bond motifs is 1. The highest BCUT2D eigenvalue weighted by Gasteiger charge is 2.08. The molecule has 1 heterocycles. The maximum atomic E-state index is 10.7. The van der Waals surface area contributed by atoms with Crippen molar-refractivity contribution in [2.45, 2.75) is 6.54 Å². The van der Waals surface area contributed by atoms with E-state index in [0.717, 1.165) is 0 Å². The van der Waals surface area contributed by atoms with E-state index in [2.05, 4.69) is 16.2 Å². The van der Waals surface area contributed by atoms with Crippen LogP contribution in [0.4, 0.5) is 0 Å². The van der Waals surface area contributed by atoms with Crippen molar-refractivity contribution in [3.05, 3.63) is 23.8 Å². The molecular formula is C10H7N3O2. The monoisotopic (exact) mass is 201 g/mol. The van der Waals surface area contributed by atoms with Crippen LogP contribution in [0.2, 0.25) is 0 Å². The molecule has 2 aromatic rings. The summed E-state index contributed by atoms with van der Waals surface area (Å²) < 4.78 is 1.49. The third-order valence-electron chi connectivity index (χ3n) is 2.00. The van der Waals surface area contributed by atoms with E-state index in [1.165, 1.54) is 16.8 Å². The number of hydrogen-bond donors (Lipinski definition) is 1. The maximum Gasteiger partial charge on any atom is 0.335 e. The van der Waals surface area contributed by atoms with Gasteiger partial charge in [0, 0.05) is 0 Å². The van der Waals surface area contributed by atoms with Gasteiger partial charge in [-0.1, -0.05) is 11.1 Å². The summed E-state index contributed by atoms with van der Waals surface area (Å²) in [6.45, 7) is 0.277. The number of aromatic carboxylic acids is 1. The Morgan fingerprint density at radius 3 is 3.07 bits per heavy atom. The second-order valence-electron chi connectivity index (χ2n) is 2.96. The van der Waals surface area contributed by atoms with Crippen LogP contribution < -0.4 is 0 Å². The minimum Gasteiger partial charge on any atom is -0.478 e. The van der Waals surface area contributed by atoms with E-state index in [1.807, 2.05) is 0 Å². The third-order valence-corrected chi connectivity index (χ3v) is 2.00. The first kappa shape index (κ1) is 9.21. The molecular weight excluding hydrogens is 194 g/mol. The molecule has 15 heavy (non-hydrogen) atoms. The van der Waals surface area contributed by atoms with Crippen LogP contribution in [0.5, 0.6) is 0 Å². The molecule has 0 aliphatic rings. The molecule has 0 aliphatic heterocycles. The van der Waals surface area contributed by atoms with Crippen molar-refractivity contribution in [3.8, 4) is 12.3 Å². The van der Waals surface area contributed by atoms with E-state index >= 15 is 0 Å². The second-order valence-corrected chi connectivity index (χ2v) is 2.96. The van der Waals surface area contributed by atoms with Crippen LogP contribution in [0, 0.1) is 12.3 Å². The van der Waals surface area contributed by atoms with Gasteiger partial charge in [0.15, 0.2) is 0 Å². The number of carbonyl (C=O) groups is 1. The zero-order chi connectivity index (χ0) is 10.8. The van der Waals surface area contributed by atoms with Gasteiger partial charge in [0.2, 0.25) is 0 Å². The molecule has 0 saturated carbocycles. The number of carboxylic acids is 1. The molecule has 0 amide bonds. The van der Waals surface area contributed by atoms with Crippen molar-refractivity contribution in [1.29, 1.82) is 0 Å². The molecule has 0 radical (unpaired) electrons. The Hall–Kier alpha value is -2.35. The molecule has 5 heteroatoms. The van der Waals surface area contributed by atoms with Crippen LogP contribution in [0.3, 0.4) is 0 Å². The van der Waals surface area contributed by atoms with Gasteiger partial charge in [0.1, 0.15) is 12.1 Å². The lowest BCUT2D eigenvalue weighted by atomic mass is 10.2. The fraction of sp³-hybridized carbons (Fsp3) is 0.100. The number of carboxylic acid groups (broad SMARTS) is 1. The van der Waals surface area contributed by atoms with E-state index in [4.69, 9.17) is 11.5 Å². The maximum absolute atomic E-state index is 10.7. The van der Waals surface area contributed by atoms with Crippen molar-refractivity contribution >= 4 is 17.0 Å². The van der Waals surface area contributed by atoms with Crippen molar-refractivity contribution in [2.24, 2.45) is 0 Å². The number of hydrogen-bond acceptors (Lipinski definition) is 3. The molecule has 1 aromatic carbocycles. The second kappa shape index (κ2) is 3.42. The van der Waals surface area contributed by atoms with Gasteiger partial charge in [-0.3, -0.25) is 0 Å². The molecule has 1 N–H and O–H groups in total. The topological polar surface area (TPSA) is 68.0 Å². The van der Waals surface area contributed by atoms with Crippen LogP contribution in [-0.4, -0.2) is 26.1 Å². The number of terminal acetylenes is 1. The van der Waals surface area contributed by atoms with Crippen molar-refractivity contribution < 1.29 is 9.90 Å². The average Bonchev–Trinajstić information content (AvgIpc) is 2.61. The third kappa shape index (κ3) is 1.53. The van der Waals surface area contributed by atoms with Crippen LogP contribution in [0.25, 0.3) is 11.0 Å². The summed E-state index contributed by atoms with van der Waals surface area (Å²) in [5, 5.41) is 16.5. The fourth-order valence-electron chi connectivity index (χ4n) is 1.30. The highest BCUT2D eigenvalue weighted by molar-refractivity contribution is 5.92. The van der Waals surface area contributed by atoms with Crippen LogP contribution >= 0.6 is 0 Å². The predicted molar refractivity (Wildman–Crippen MR) is 53.3 cm³/mol. The van der Waals surface area contributed by atoms with Gasteiger partial charge < -0.3 is 5.11 Å². The van der Waals surface area contributed by atoms with E-state index < -0.39 is 5.97 Å². The minimum absolute atomic E-state index is 0.197. The zero-order valence-corrected chi connectivity index (χ0v) is 7.71. The first-order chi connectivity index (χ1) is 7.22. The van der Waals surface area contributed by atoms with Crippen LogP contribution in [0.1, 0.15) is 10.4 Å². The summed E-state index contributed by atoms with van der Waals surface area (Å²) in [6.07, 6.45) is 5.15. The number of benzene rings is 1. The first-order valence-electron chi connectivity index (χ1n) is 4.22. The summed E-state index contributed by atoms with van der Waals surface area (Å²) in [5.74, 6) is 1.44. The molecule has 74 valence electrons. The fourth-order valence-corrected chi connectivity index (χ4v) is 1.30. The summed E-state index contributed by atoms with van der Waals surface area (Å²) in [5.41, 5.74) is 1.46. The lowest BCUT2D eigenvalue weighted by Gasteiger charge is -1.97. The Labute approximate surface area is 85.3 Å². The average molecular weight is 201 g/mol.